The lowest BCUT2D eigenvalue weighted by atomic mass is 10.1. The van der Waals surface area contributed by atoms with Gasteiger partial charge in [-0.3, -0.25) is 9.48 Å². The smallest absolute Gasteiger partial charge is 0.252 e. The number of ether oxygens (including phenoxy) is 1. The van der Waals surface area contributed by atoms with E-state index in [9.17, 15) is 9.18 Å². The molecule has 0 atom stereocenters. The minimum atomic E-state index is -0.413. The first-order chi connectivity index (χ1) is 16.5. The second kappa shape index (κ2) is 8.78. The zero-order valence-electron chi connectivity index (χ0n) is 18.4. The molecule has 0 radical (unpaired) electrons. The van der Waals surface area contributed by atoms with Crippen molar-refractivity contribution in [2.45, 2.75) is 13.5 Å². The largest absolute Gasteiger partial charge is 0.463 e. The van der Waals surface area contributed by atoms with Crippen molar-refractivity contribution in [2.24, 2.45) is 7.05 Å². The number of carbonyl (C=O) groups excluding carboxylic acids is 1. The number of furan rings is 1. The van der Waals surface area contributed by atoms with Crippen molar-refractivity contribution in [3.63, 3.8) is 0 Å². The summed E-state index contributed by atoms with van der Waals surface area (Å²) >= 11 is 0. The summed E-state index contributed by atoms with van der Waals surface area (Å²) < 4.78 is 26.4. The van der Waals surface area contributed by atoms with E-state index < -0.39 is 5.82 Å². The average molecular weight is 457 g/mol. The first-order valence-electron chi connectivity index (χ1n) is 10.5. The molecule has 0 aliphatic heterocycles. The minimum Gasteiger partial charge on any atom is -0.463 e. The molecule has 4 heterocycles. The Labute approximate surface area is 194 Å². The maximum atomic E-state index is 13.5. The van der Waals surface area contributed by atoms with E-state index >= 15 is 0 Å². The summed E-state index contributed by atoms with van der Waals surface area (Å²) in [6, 6.07) is 14.6. The topological polar surface area (TPSA) is 95.1 Å². The van der Waals surface area contributed by atoms with Crippen LogP contribution in [0.25, 0.3) is 22.5 Å². The Kier molecular flexibility index (Phi) is 5.51. The molecule has 1 aromatic carbocycles. The number of aromatic nitrogens is 4. The van der Waals surface area contributed by atoms with Gasteiger partial charge in [0.2, 0.25) is 5.88 Å². The van der Waals surface area contributed by atoms with Crippen LogP contribution in [0, 0.1) is 12.7 Å². The maximum absolute atomic E-state index is 13.5. The summed E-state index contributed by atoms with van der Waals surface area (Å²) in [6.07, 6.45) is 3.12. The predicted octanol–water partition coefficient (Wildman–Crippen LogP) is 4.79. The molecule has 0 saturated heterocycles. The van der Waals surface area contributed by atoms with Gasteiger partial charge in [-0.2, -0.15) is 5.10 Å². The molecule has 5 aromatic rings. The third-order valence-electron chi connectivity index (χ3n) is 5.29. The molecule has 1 amide bonds. The monoisotopic (exact) mass is 457 g/mol. The fourth-order valence-corrected chi connectivity index (χ4v) is 3.74. The highest BCUT2D eigenvalue weighted by atomic mass is 19.1. The number of nitrogens with one attached hydrogen (secondary N) is 1. The Hall–Kier alpha value is -4.53. The molecular weight excluding hydrogens is 437 g/mol. The van der Waals surface area contributed by atoms with Gasteiger partial charge < -0.3 is 14.5 Å². The van der Waals surface area contributed by atoms with E-state index in [1.165, 1.54) is 12.1 Å². The van der Waals surface area contributed by atoms with Gasteiger partial charge in [-0.15, -0.1) is 0 Å². The van der Waals surface area contributed by atoms with Crippen molar-refractivity contribution >= 4 is 16.9 Å². The average Bonchev–Trinajstić information content (AvgIpc) is 3.46. The lowest BCUT2D eigenvalue weighted by molar-refractivity contribution is 0.0952. The van der Waals surface area contributed by atoms with Crippen LogP contribution >= 0.6 is 0 Å². The molecule has 5 rings (SSSR count). The lowest BCUT2D eigenvalue weighted by Crippen LogP contribution is -2.23. The van der Waals surface area contributed by atoms with Gasteiger partial charge in [-0.05, 0) is 43.3 Å². The standard InChI is InChI=1S/C25H20FN5O3/c1-15-22-19(13-20(21-9-5-11-33-21)29-23(22)31(2)30-15)24(32)28-14-16-6-4-10-27-25(16)34-18-8-3-7-17(26)12-18/h3-13H,14H2,1-2H3,(H,28,32). The number of hydrogen-bond donors (Lipinski definition) is 1. The van der Waals surface area contributed by atoms with E-state index in [-0.39, 0.29) is 18.3 Å². The van der Waals surface area contributed by atoms with Crippen LogP contribution in [-0.2, 0) is 13.6 Å². The number of pyridine rings is 2. The molecule has 0 fully saturated rings. The molecule has 34 heavy (non-hydrogen) atoms. The maximum Gasteiger partial charge on any atom is 0.252 e. The summed E-state index contributed by atoms with van der Waals surface area (Å²) in [4.78, 5) is 22.2. The van der Waals surface area contributed by atoms with E-state index in [4.69, 9.17) is 9.15 Å². The second-order valence-corrected chi connectivity index (χ2v) is 7.65. The Morgan fingerprint density at radius 3 is 2.85 bits per heavy atom. The molecule has 0 spiro atoms. The van der Waals surface area contributed by atoms with Crippen molar-refractivity contribution in [1.82, 2.24) is 25.1 Å². The predicted molar refractivity (Wildman–Crippen MR) is 123 cm³/mol. The van der Waals surface area contributed by atoms with Crippen LogP contribution in [0.2, 0.25) is 0 Å². The van der Waals surface area contributed by atoms with Crippen LogP contribution in [-0.4, -0.2) is 25.7 Å². The van der Waals surface area contributed by atoms with Gasteiger partial charge in [0.15, 0.2) is 11.4 Å². The second-order valence-electron chi connectivity index (χ2n) is 7.65. The Balaban J connectivity index is 1.44. The SMILES string of the molecule is Cc1nn(C)c2nc(-c3ccco3)cc(C(=O)NCc3cccnc3Oc3cccc(F)c3)c12. The molecule has 9 heteroatoms. The summed E-state index contributed by atoms with van der Waals surface area (Å²) in [5.74, 6) is 0.423. The first kappa shape index (κ1) is 21.3. The molecule has 0 bridgehead atoms. The zero-order chi connectivity index (χ0) is 23.7. The van der Waals surface area contributed by atoms with Crippen molar-refractivity contribution in [1.29, 1.82) is 0 Å². The lowest BCUT2D eigenvalue weighted by Gasteiger charge is -2.12. The number of hydrogen-bond acceptors (Lipinski definition) is 6. The normalized spacial score (nSPS) is 11.0. The van der Waals surface area contributed by atoms with Crippen LogP contribution < -0.4 is 10.1 Å². The van der Waals surface area contributed by atoms with Gasteiger partial charge in [-0.25, -0.2) is 14.4 Å². The highest BCUT2D eigenvalue weighted by Crippen LogP contribution is 2.28. The number of halogens is 1. The molecule has 4 aromatic heterocycles. The van der Waals surface area contributed by atoms with Gasteiger partial charge >= 0.3 is 0 Å². The quantitative estimate of drug-likeness (QED) is 0.394. The van der Waals surface area contributed by atoms with Gasteiger partial charge in [0, 0.05) is 31.4 Å². The van der Waals surface area contributed by atoms with Crippen LogP contribution in [0.15, 0.2) is 71.5 Å². The molecular formula is C25H20FN5O3. The molecule has 0 saturated carbocycles. The first-order valence-corrected chi connectivity index (χ1v) is 10.5. The summed E-state index contributed by atoms with van der Waals surface area (Å²) in [7, 11) is 1.78. The summed E-state index contributed by atoms with van der Waals surface area (Å²) in [5, 5.41) is 8.02. The molecule has 0 unspecified atom stereocenters. The number of nitrogens with zero attached hydrogens (tertiary/aromatic N) is 4. The molecule has 0 aliphatic carbocycles. The van der Waals surface area contributed by atoms with Crippen LogP contribution in [0.3, 0.4) is 0 Å². The van der Waals surface area contributed by atoms with E-state index in [0.717, 1.165) is 0 Å². The summed E-state index contributed by atoms with van der Waals surface area (Å²) in [6.45, 7) is 1.98. The molecule has 1 N–H and O–H groups in total. The third-order valence-corrected chi connectivity index (χ3v) is 5.29. The molecule has 0 aliphatic rings. The Morgan fingerprint density at radius 2 is 2.06 bits per heavy atom. The number of carbonyl (C=O) groups is 1. The fraction of sp³-hybridized carbons (Fsp3) is 0.120. The van der Waals surface area contributed by atoms with Crippen LogP contribution in [0.1, 0.15) is 21.6 Å². The Morgan fingerprint density at radius 1 is 1.18 bits per heavy atom. The number of fused-ring (bicyclic) bond motifs is 1. The number of aryl methyl sites for hydroxylation is 2. The summed E-state index contributed by atoms with van der Waals surface area (Å²) in [5.41, 5.74) is 2.87. The van der Waals surface area contributed by atoms with Gasteiger partial charge in [-0.1, -0.05) is 12.1 Å². The zero-order valence-corrected chi connectivity index (χ0v) is 18.4. The highest BCUT2D eigenvalue weighted by Gasteiger charge is 2.20. The van der Waals surface area contributed by atoms with Gasteiger partial charge in [0.1, 0.15) is 17.3 Å². The van der Waals surface area contributed by atoms with E-state index in [1.807, 2.05) is 6.92 Å². The van der Waals surface area contributed by atoms with E-state index in [0.29, 0.717) is 45.1 Å². The van der Waals surface area contributed by atoms with E-state index in [2.05, 4.69) is 20.4 Å². The third kappa shape index (κ3) is 4.11. The molecule has 170 valence electrons. The van der Waals surface area contributed by atoms with E-state index in [1.54, 1.807) is 66.7 Å². The highest BCUT2D eigenvalue weighted by molar-refractivity contribution is 6.07. The van der Waals surface area contributed by atoms with Gasteiger partial charge in [0.05, 0.1) is 22.9 Å². The number of benzene rings is 1. The number of amides is 1. The van der Waals surface area contributed by atoms with Gasteiger partial charge in [0.25, 0.3) is 5.91 Å². The van der Waals surface area contributed by atoms with Crippen molar-refractivity contribution in [2.75, 3.05) is 0 Å². The Bertz CT molecular complexity index is 1490. The minimum absolute atomic E-state index is 0.149. The fourth-order valence-electron chi connectivity index (χ4n) is 3.74. The molecule has 8 nitrogen and oxygen atoms in total. The van der Waals surface area contributed by atoms with Crippen molar-refractivity contribution < 1.29 is 18.3 Å². The number of rotatable bonds is 6. The van der Waals surface area contributed by atoms with Crippen molar-refractivity contribution in [3.8, 4) is 23.1 Å². The van der Waals surface area contributed by atoms with Crippen molar-refractivity contribution in [3.05, 3.63) is 89.7 Å². The van der Waals surface area contributed by atoms with Crippen LogP contribution in [0.4, 0.5) is 4.39 Å². The van der Waals surface area contributed by atoms with Crippen LogP contribution in [0.5, 0.6) is 11.6 Å².